The number of unbranched alkanes of at least 4 members (excludes halogenated alkanes) is 3. The Hall–Kier alpha value is -0.570. The number of hydrogen-bond acceptors (Lipinski definition) is 2. The lowest BCUT2D eigenvalue weighted by molar-refractivity contribution is -0.122. The monoisotopic (exact) mass is 200 g/mol. The number of nitrogens with two attached hydrogens (primary N) is 1. The number of amides is 1. The van der Waals surface area contributed by atoms with Crippen LogP contribution in [0, 0.1) is 0 Å². The molecule has 3 nitrogen and oxygen atoms in total. The van der Waals surface area contributed by atoms with Crippen molar-refractivity contribution in [3.8, 4) is 0 Å². The van der Waals surface area contributed by atoms with Crippen molar-refractivity contribution in [2.24, 2.45) is 5.73 Å². The highest BCUT2D eigenvalue weighted by Crippen LogP contribution is 2.04. The van der Waals surface area contributed by atoms with Crippen LogP contribution in [0.5, 0.6) is 0 Å². The molecule has 0 heterocycles. The number of nitrogens with one attached hydrogen (secondary N) is 1. The molecular weight excluding hydrogens is 176 g/mol. The molecule has 0 saturated heterocycles. The van der Waals surface area contributed by atoms with Gasteiger partial charge >= 0.3 is 0 Å². The van der Waals surface area contributed by atoms with Gasteiger partial charge < -0.3 is 11.1 Å². The first-order valence-corrected chi connectivity index (χ1v) is 5.47. The van der Waals surface area contributed by atoms with Crippen molar-refractivity contribution < 1.29 is 4.79 Å². The lowest BCUT2D eigenvalue weighted by Gasteiger charge is -2.20. The first-order chi connectivity index (χ1) is 6.45. The van der Waals surface area contributed by atoms with Crippen molar-refractivity contribution in [2.45, 2.75) is 58.4 Å². The molecule has 0 aromatic carbocycles. The third kappa shape index (κ3) is 9.52. The summed E-state index contributed by atoms with van der Waals surface area (Å²) in [6.07, 6.45) is 4.93. The minimum absolute atomic E-state index is 0.103. The average molecular weight is 200 g/mol. The van der Waals surface area contributed by atoms with E-state index in [0.29, 0.717) is 6.42 Å². The second-order valence-electron chi connectivity index (χ2n) is 4.75. The van der Waals surface area contributed by atoms with Crippen LogP contribution in [-0.2, 0) is 4.79 Å². The molecule has 0 aromatic heterocycles. The van der Waals surface area contributed by atoms with E-state index in [4.69, 9.17) is 5.73 Å². The van der Waals surface area contributed by atoms with Crippen molar-refractivity contribution >= 4 is 5.91 Å². The van der Waals surface area contributed by atoms with Crippen molar-refractivity contribution in [1.29, 1.82) is 0 Å². The summed E-state index contributed by atoms with van der Waals surface area (Å²) in [5.74, 6) is 0.158. The van der Waals surface area contributed by atoms with E-state index in [9.17, 15) is 4.79 Å². The molecule has 0 fully saturated rings. The second kappa shape index (κ2) is 6.82. The Morgan fingerprint density at radius 2 is 1.71 bits per heavy atom. The number of carbonyl (C=O) groups is 1. The van der Waals surface area contributed by atoms with Gasteiger partial charge in [-0.2, -0.15) is 0 Å². The highest BCUT2D eigenvalue weighted by atomic mass is 16.1. The quantitative estimate of drug-likeness (QED) is 0.642. The molecule has 0 aliphatic rings. The average Bonchev–Trinajstić information content (AvgIpc) is 2.00. The molecule has 0 radical (unpaired) electrons. The van der Waals surface area contributed by atoms with Gasteiger partial charge in [0, 0.05) is 12.0 Å². The van der Waals surface area contributed by atoms with Gasteiger partial charge in [0.1, 0.15) is 0 Å². The van der Waals surface area contributed by atoms with Crippen molar-refractivity contribution in [3.05, 3.63) is 0 Å². The van der Waals surface area contributed by atoms with Crippen LogP contribution in [0.4, 0.5) is 0 Å². The van der Waals surface area contributed by atoms with E-state index in [1.54, 1.807) is 0 Å². The van der Waals surface area contributed by atoms with Crippen LogP contribution in [-0.4, -0.2) is 18.0 Å². The maximum atomic E-state index is 11.4. The van der Waals surface area contributed by atoms with Gasteiger partial charge in [0.15, 0.2) is 0 Å². The Bertz CT molecular complexity index is 161. The number of carbonyl (C=O) groups excluding carboxylic acids is 1. The summed E-state index contributed by atoms with van der Waals surface area (Å²) < 4.78 is 0. The minimum Gasteiger partial charge on any atom is -0.352 e. The van der Waals surface area contributed by atoms with Crippen LogP contribution < -0.4 is 11.1 Å². The normalized spacial score (nSPS) is 11.4. The first kappa shape index (κ1) is 13.4. The zero-order chi connectivity index (χ0) is 11.0. The van der Waals surface area contributed by atoms with E-state index in [1.807, 2.05) is 20.8 Å². The summed E-state index contributed by atoms with van der Waals surface area (Å²) in [6, 6.07) is 0. The maximum absolute atomic E-state index is 11.4. The van der Waals surface area contributed by atoms with Gasteiger partial charge in [0.25, 0.3) is 0 Å². The third-order valence-corrected chi connectivity index (χ3v) is 1.87. The van der Waals surface area contributed by atoms with Crippen LogP contribution in [0.3, 0.4) is 0 Å². The molecule has 1 amide bonds. The van der Waals surface area contributed by atoms with E-state index in [0.717, 1.165) is 32.2 Å². The fourth-order valence-corrected chi connectivity index (χ4v) is 1.26. The number of rotatable bonds is 6. The zero-order valence-corrected chi connectivity index (χ0v) is 9.73. The van der Waals surface area contributed by atoms with Crippen LogP contribution in [0.15, 0.2) is 0 Å². The van der Waals surface area contributed by atoms with E-state index < -0.39 is 0 Å². The molecular formula is C11H24N2O. The third-order valence-electron chi connectivity index (χ3n) is 1.87. The van der Waals surface area contributed by atoms with E-state index in [1.165, 1.54) is 0 Å². The molecule has 0 aliphatic carbocycles. The van der Waals surface area contributed by atoms with E-state index in [-0.39, 0.29) is 11.4 Å². The Balaban J connectivity index is 3.36. The standard InChI is InChI=1S/C11H24N2O/c1-11(2,3)13-10(14)8-6-4-5-7-9-12/h4-9,12H2,1-3H3,(H,13,14). The Morgan fingerprint density at radius 1 is 1.14 bits per heavy atom. The number of hydrogen-bond donors (Lipinski definition) is 2. The second-order valence-corrected chi connectivity index (χ2v) is 4.75. The van der Waals surface area contributed by atoms with Gasteiger partial charge in [-0.15, -0.1) is 0 Å². The molecule has 0 aromatic rings. The van der Waals surface area contributed by atoms with Crippen molar-refractivity contribution in [3.63, 3.8) is 0 Å². The van der Waals surface area contributed by atoms with Crippen molar-refractivity contribution in [1.82, 2.24) is 5.32 Å². The predicted octanol–water partition coefficient (Wildman–Crippen LogP) is 1.81. The highest BCUT2D eigenvalue weighted by molar-refractivity contribution is 5.76. The smallest absolute Gasteiger partial charge is 0.220 e. The SMILES string of the molecule is CC(C)(C)NC(=O)CCCCCCN. The van der Waals surface area contributed by atoms with Gasteiger partial charge in [0.2, 0.25) is 5.91 Å². The highest BCUT2D eigenvalue weighted by Gasteiger charge is 2.12. The molecule has 3 heteroatoms. The molecule has 0 unspecified atom stereocenters. The van der Waals surface area contributed by atoms with Crippen LogP contribution in [0.25, 0.3) is 0 Å². The molecule has 0 atom stereocenters. The molecule has 0 saturated carbocycles. The molecule has 0 bridgehead atoms. The van der Waals surface area contributed by atoms with Gasteiger partial charge in [-0.25, -0.2) is 0 Å². The van der Waals surface area contributed by atoms with Crippen LogP contribution in [0.2, 0.25) is 0 Å². The molecule has 14 heavy (non-hydrogen) atoms. The molecule has 0 aliphatic heterocycles. The van der Waals surface area contributed by atoms with Gasteiger partial charge in [-0.05, 0) is 40.2 Å². The summed E-state index contributed by atoms with van der Waals surface area (Å²) in [7, 11) is 0. The fraction of sp³-hybridized carbons (Fsp3) is 0.909. The minimum atomic E-state index is -0.103. The lowest BCUT2D eigenvalue weighted by Crippen LogP contribution is -2.40. The summed E-state index contributed by atoms with van der Waals surface area (Å²) in [4.78, 5) is 11.4. The topological polar surface area (TPSA) is 55.1 Å². The molecule has 0 spiro atoms. The fourth-order valence-electron chi connectivity index (χ4n) is 1.26. The van der Waals surface area contributed by atoms with Gasteiger partial charge in [-0.1, -0.05) is 12.8 Å². The molecule has 3 N–H and O–H groups in total. The lowest BCUT2D eigenvalue weighted by atomic mass is 10.1. The van der Waals surface area contributed by atoms with E-state index in [2.05, 4.69) is 5.32 Å². The summed E-state index contributed by atoms with van der Waals surface area (Å²) >= 11 is 0. The predicted molar refractivity (Wildman–Crippen MR) is 60.0 cm³/mol. The van der Waals surface area contributed by atoms with Crippen LogP contribution >= 0.6 is 0 Å². The Morgan fingerprint density at radius 3 is 2.21 bits per heavy atom. The first-order valence-electron chi connectivity index (χ1n) is 5.47. The van der Waals surface area contributed by atoms with Gasteiger partial charge in [-0.3, -0.25) is 4.79 Å². The van der Waals surface area contributed by atoms with E-state index >= 15 is 0 Å². The summed E-state index contributed by atoms with van der Waals surface area (Å²) in [5, 5.41) is 2.95. The van der Waals surface area contributed by atoms with Crippen LogP contribution in [0.1, 0.15) is 52.9 Å². The summed E-state index contributed by atoms with van der Waals surface area (Å²) in [5.41, 5.74) is 5.27. The van der Waals surface area contributed by atoms with Crippen molar-refractivity contribution in [2.75, 3.05) is 6.54 Å². The largest absolute Gasteiger partial charge is 0.352 e. The van der Waals surface area contributed by atoms with Gasteiger partial charge in [0.05, 0.1) is 0 Å². The Labute approximate surface area is 87.4 Å². The zero-order valence-electron chi connectivity index (χ0n) is 9.73. The maximum Gasteiger partial charge on any atom is 0.220 e. The molecule has 84 valence electrons. The molecule has 0 rings (SSSR count). The Kier molecular flexibility index (Phi) is 6.54. The summed E-state index contributed by atoms with van der Waals surface area (Å²) in [6.45, 7) is 6.76.